The summed E-state index contributed by atoms with van der Waals surface area (Å²) >= 11 is 0. The van der Waals surface area contributed by atoms with Gasteiger partial charge in [-0.05, 0) is 14.0 Å². The highest BCUT2D eigenvalue weighted by Crippen LogP contribution is 1.97. The van der Waals surface area contributed by atoms with Gasteiger partial charge in [0.1, 0.15) is 12.7 Å². The highest BCUT2D eigenvalue weighted by atomic mass is 15.3. The molecule has 0 bridgehead atoms. The zero-order valence-corrected chi connectivity index (χ0v) is 6.28. The summed E-state index contributed by atoms with van der Waals surface area (Å²) in [6.45, 7) is 3.01. The second kappa shape index (κ2) is 3.31. The second-order valence-electron chi connectivity index (χ2n) is 2.28. The second-order valence-corrected chi connectivity index (χ2v) is 2.28. The predicted octanol–water partition coefficient (Wildman–Crippen LogP) is 0.0585. The van der Waals surface area contributed by atoms with Gasteiger partial charge in [-0.3, -0.25) is 0 Å². The average molecular weight is 140 g/mol. The monoisotopic (exact) mass is 140 g/mol. The molecule has 1 unspecified atom stereocenters. The van der Waals surface area contributed by atoms with E-state index in [-0.39, 0.29) is 0 Å². The van der Waals surface area contributed by atoms with Crippen molar-refractivity contribution in [1.29, 1.82) is 0 Å². The molecule has 0 saturated carbocycles. The maximum absolute atomic E-state index is 4.00. The lowest BCUT2D eigenvalue weighted by molar-refractivity contribution is 0.470. The molecule has 0 aliphatic heterocycles. The van der Waals surface area contributed by atoms with Crippen molar-refractivity contribution in [3.63, 3.8) is 0 Å². The average Bonchev–Trinajstić information content (AvgIpc) is 2.38. The maximum atomic E-state index is 4.00. The van der Waals surface area contributed by atoms with Crippen LogP contribution in [0.25, 0.3) is 0 Å². The highest BCUT2D eigenvalue weighted by molar-refractivity contribution is 4.65. The lowest BCUT2D eigenvalue weighted by atomic mass is 10.3. The molecule has 0 aliphatic carbocycles. The predicted molar refractivity (Wildman–Crippen MR) is 38.7 cm³/mol. The standard InChI is InChI=1S/C6H12N4/c1-6(3-7-2)10-5-8-4-9-10/h4-7H,3H2,1-2H3. The summed E-state index contributed by atoms with van der Waals surface area (Å²) in [6, 6.07) is 0.382. The molecule has 4 nitrogen and oxygen atoms in total. The highest BCUT2D eigenvalue weighted by Gasteiger charge is 2.00. The van der Waals surface area contributed by atoms with Crippen molar-refractivity contribution < 1.29 is 0 Å². The van der Waals surface area contributed by atoms with Gasteiger partial charge >= 0.3 is 0 Å². The van der Waals surface area contributed by atoms with Crippen LogP contribution < -0.4 is 5.32 Å². The first kappa shape index (κ1) is 7.21. The topological polar surface area (TPSA) is 42.7 Å². The van der Waals surface area contributed by atoms with E-state index in [1.54, 1.807) is 12.7 Å². The van der Waals surface area contributed by atoms with E-state index in [2.05, 4.69) is 22.3 Å². The summed E-state index contributed by atoms with van der Waals surface area (Å²) in [7, 11) is 1.92. The number of rotatable bonds is 3. The van der Waals surface area contributed by atoms with Crippen molar-refractivity contribution >= 4 is 0 Å². The Labute approximate surface area is 60.3 Å². The molecule has 0 aromatic carbocycles. The minimum absolute atomic E-state index is 0.382. The van der Waals surface area contributed by atoms with Crippen LogP contribution in [0, 0.1) is 0 Å². The Hall–Kier alpha value is -0.900. The van der Waals surface area contributed by atoms with Gasteiger partial charge in [0.15, 0.2) is 0 Å². The molecular weight excluding hydrogens is 128 g/mol. The SMILES string of the molecule is CNCC(C)n1cncn1. The van der Waals surface area contributed by atoms with Crippen LogP contribution in [0.4, 0.5) is 0 Å². The quantitative estimate of drug-likeness (QED) is 0.645. The smallest absolute Gasteiger partial charge is 0.137 e. The molecule has 0 fully saturated rings. The fourth-order valence-electron chi connectivity index (χ4n) is 0.834. The Morgan fingerprint density at radius 2 is 2.50 bits per heavy atom. The van der Waals surface area contributed by atoms with Crippen LogP contribution in [-0.4, -0.2) is 28.4 Å². The van der Waals surface area contributed by atoms with Gasteiger partial charge in [0.2, 0.25) is 0 Å². The lowest BCUT2D eigenvalue weighted by Crippen LogP contribution is -2.20. The van der Waals surface area contributed by atoms with E-state index in [0.717, 1.165) is 6.54 Å². The molecule has 0 radical (unpaired) electrons. The van der Waals surface area contributed by atoms with E-state index in [4.69, 9.17) is 0 Å². The van der Waals surface area contributed by atoms with E-state index in [1.807, 2.05) is 11.7 Å². The molecule has 1 N–H and O–H groups in total. The van der Waals surface area contributed by atoms with Crippen molar-refractivity contribution in [2.24, 2.45) is 0 Å². The van der Waals surface area contributed by atoms with Gasteiger partial charge in [-0.2, -0.15) is 5.10 Å². The third kappa shape index (κ3) is 1.54. The molecule has 1 heterocycles. The van der Waals surface area contributed by atoms with Gasteiger partial charge in [0.25, 0.3) is 0 Å². The molecule has 10 heavy (non-hydrogen) atoms. The Kier molecular flexibility index (Phi) is 2.39. The molecule has 4 heteroatoms. The summed E-state index contributed by atoms with van der Waals surface area (Å²) < 4.78 is 1.83. The molecule has 0 aliphatic rings. The summed E-state index contributed by atoms with van der Waals surface area (Å²) in [5.41, 5.74) is 0. The first-order valence-electron chi connectivity index (χ1n) is 3.33. The summed E-state index contributed by atoms with van der Waals surface area (Å²) in [5, 5.41) is 7.07. The van der Waals surface area contributed by atoms with Gasteiger partial charge in [-0.25, -0.2) is 9.67 Å². The van der Waals surface area contributed by atoms with Crippen LogP contribution in [0.3, 0.4) is 0 Å². The zero-order chi connectivity index (χ0) is 7.40. The largest absolute Gasteiger partial charge is 0.318 e. The van der Waals surface area contributed by atoms with Crippen molar-refractivity contribution in [3.8, 4) is 0 Å². The van der Waals surface area contributed by atoms with E-state index in [0.29, 0.717) is 6.04 Å². The molecule has 1 rings (SSSR count). The van der Waals surface area contributed by atoms with Crippen LogP contribution in [0.2, 0.25) is 0 Å². The number of hydrogen-bond donors (Lipinski definition) is 1. The van der Waals surface area contributed by atoms with Gasteiger partial charge < -0.3 is 5.32 Å². The molecule has 1 aromatic rings. The molecule has 56 valence electrons. The lowest BCUT2D eigenvalue weighted by Gasteiger charge is -2.08. The minimum atomic E-state index is 0.382. The first-order valence-corrected chi connectivity index (χ1v) is 3.33. The third-order valence-corrected chi connectivity index (χ3v) is 1.39. The van der Waals surface area contributed by atoms with E-state index in [1.165, 1.54) is 0 Å². The number of nitrogens with zero attached hydrogens (tertiary/aromatic N) is 3. The summed E-state index contributed by atoms with van der Waals surface area (Å²) in [4.78, 5) is 3.85. The number of hydrogen-bond acceptors (Lipinski definition) is 3. The van der Waals surface area contributed by atoms with Crippen molar-refractivity contribution in [2.75, 3.05) is 13.6 Å². The number of nitrogens with one attached hydrogen (secondary N) is 1. The molecular formula is C6H12N4. The van der Waals surface area contributed by atoms with Crippen LogP contribution in [0.15, 0.2) is 12.7 Å². The van der Waals surface area contributed by atoms with Crippen LogP contribution in [-0.2, 0) is 0 Å². The van der Waals surface area contributed by atoms with E-state index in [9.17, 15) is 0 Å². The van der Waals surface area contributed by atoms with Crippen LogP contribution in [0.1, 0.15) is 13.0 Å². The molecule has 0 spiro atoms. The van der Waals surface area contributed by atoms with Crippen LogP contribution >= 0.6 is 0 Å². The maximum Gasteiger partial charge on any atom is 0.137 e. The molecule has 0 saturated heterocycles. The molecule has 0 amide bonds. The van der Waals surface area contributed by atoms with Gasteiger partial charge in [-0.15, -0.1) is 0 Å². The molecule has 1 aromatic heterocycles. The Morgan fingerprint density at radius 3 is 3.00 bits per heavy atom. The summed E-state index contributed by atoms with van der Waals surface area (Å²) in [5.74, 6) is 0. The number of aromatic nitrogens is 3. The minimum Gasteiger partial charge on any atom is -0.318 e. The summed E-state index contributed by atoms with van der Waals surface area (Å²) in [6.07, 6.45) is 3.27. The van der Waals surface area contributed by atoms with Crippen molar-refractivity contribution in [3.05, 3.63) is 12.7 Å². The Balaban J connectivity index is 2.50. The van der Waals surface area contributed by atoms with Gasteiger partial charge in [0.05, 0.1) is 6.04 Å². The van der Waals surface area contributed by atoms with Crippen molar-refractivity contribution in [1.82, 2.24) is 20.1 Å². The van der Waals surface area contributed by atoms with Crippen molar-refractivity contribution in [2.45, 2.75) is 13.0 Å². The Morgan fingerprint density at radius 1 is 1.70 bits per heavy atom. The fraction of sp³-hybridized carbons (Fsp3) is 0.667. The van der Waals surface area contributed by atoms with Crippen LogP contribution in [0.5, 0.6) is 0 Å². The zero-order valence-electron chi connectivity index (χ0n) is 6.28. The fourth-order valence-corrected chi connectivity index (χ4v) is 0.834. The first-order chi connectivity index (χ1) is 4.84. The van der Waals surface area contributed by atoms with E-state index < -0.39 is 0 Å². The number of likely N-dealkylation sites (N-methyl/N-ethyl adjacent to an activating group) is 1. The van der Waals surface area contributed by atoms with E-state index >= 15 is 0 Å². The third-order valence-electron chi connectivity index (χ3n) is 1.39. The van der Waals surface area contributed by atoms with Gasteiger partial charge in [-0.1, -0.05) is 0 Å². The van der Waals surface area contributed by atoms with Gasteiger partial charge in [0, 0.05) is 6.54 Å². The Bertz CT molecular complexity index is 170. The molecule has 1 atom stereocenters. The normalized spacial score (nSPS) is 13.4.